The first-order valence-corrected chi connectivity index (χ1v) is 9.06. The summed E-state index contributed by atoms with van der Waals surface area (Å²) in [6.45, 7) is 0.831. The minimum atomic E-state index is 0. The van der Waals surface area contributed by atoms with Gasteiger partial charge in [0.1, 0.15) is 0 Å². The highest BCUT2D eigenvalue weighted by Crippen LogP contribution is 2.42. The second-order valence-corrected chi connectivity index (χ2v) is 7.82. The van der Waals surface area contributed by atoms with E-state index in [9.17, 15) is 4.79 Å². The molecule has 0 radical (unpaired) electrons. The summed E-state index contributed by atoms with van der Waals surface area (Å²) in [5.74, 6) is 1.72. The maximum Gasteiger partial charge on any atom is 0.225 e. The Morgan fingerprint density at radius 3 is 2.64 bits per heavy atom. The lowest BCUT2D eigenvalue weighted by molar-refractivity contribution is -0.137. The normalized spacial score (nSPS) is 30.5. The van der Waals surface area contributed by atoms with E-state index in [0.29, 0.717) is 23.8 Å². The van der Waals surface area contributed by atoms with Crippen LogP contribution in [-0.2, 0) is 11.2 Å². The van der Waals surface area contributed by atoms with Gasteiger partial charge in [0.2, 0.25) is 5.91 Å². The topological polar surface area (TPSA) is 46.3 Å². The Bertz CT molecular complexity index is 465. The average Bonchev–Trinajstić information content (AvgIpc) is 2.97. The number of hydrogen-bond acceptors (Lipinski definition) is 3. The number of fused-ring (bicyclic) bond motifs is 2. The number of rotatable bonds is 4. The van der Waals surface area contributed by atoms with Crippen molar-refractivity contribution in [1.29, 1.82) is 0 Å². The van der Waals surface area contributed by atoms with Crippen LogP contribution in [0.5, 0.6) is 0 Å². The van der Waals surface area contributed by atoms with Gasteiger partial charge < -0.3 is 10.6 Å². The molecule has 0 aromatic carbocycles. The highest BCUT2D eigenvalue weighted by Gasteiger charge is 2.41. The van der Waals surface area contributed by atoms with Crippen LogP contribution in [0.15, 0.2) is 17.5 Å². The lowest BCUT2D eigenvalue weighted by Gasteiger charge is -2.44. The molecular weight excluding hydrogens is 316 g/mol. The van der Waals surface area contributed by atoms with Crippen LogP contribution >= 0.6 is 23.7 Å². The molecule has 2 bridgehead atoms. The fourth-order valence-electron chi connectivity index (χ4n) is 4.15. The zero-order chi connectivity index (χ0) is 14.8. The Morgan fingerprint density at radius 2 is 2.05 bits per heavy atom. The van der Waals surface area contributed by atoms with Gasteiger partial charge in [-0.2, -0.15) is 0 Å². The number of carbonyl (C=O) groups excluding carboxylic acids is 1. The molecule has 5 heteroatoms. The summed E-state index contributed by atoms with van der Waals surface area (Å²) in [6, 6.07) is 4.57. The molecular formula is C17H27ClN2OS. The molecule has 2 fully saturated rings. The van der Waals surface area contributed by atoms with Crippen molar-refractivity contribution in [1.82, 2.24) is 4.90 Å². The van der Waals surface area contributed by atoms with Crippen LogP contribution < -0.4 is 5.73 Å². The first kappa shape index (κ1) is 17.8. The molecule has 2 aliphatic rings. The molecule has 22 heavy (non-hydrogen) atoms. The fraction of sp³-hybridized carbons (Fsp3) is 0.706. The maximum absolute atomic E-state index is 12.7. The molecule has 2 unspecified atom stereocenters. The van der Waals surface area contributed by atoms with Gasteiger partial charge in [0.25, 0.3) is 0 Å². The van der Waals surface area contributed by atoms with E-state index in [1.54, 1.807) is 11.3 Å². The largest absolute Gasteiger partial charge is 0.345 e. The van der Waals surface area contributed by atoms with Crippen molar-refractivity contribution >= 4 is 29.7 Å². The predicted octanol–water partition coefficient (Wildman–Crippen LogP) is 3.32. The molecule has 1 aromatic rings. The van der Waals surface area contributed by atoms with Crippen LogP contribution in [0.2, 0.25) is 0 Å². The number of nitrogens with zero attached hydrogens (tertiary/aromatic N) is 1. The van der Waals surface area contributed by atoms with Gasteiger partial charge in [0.15, 0.2) is 0 Å². The molecule has 2 atom stereocenters. The first-order chi connectivity index (χ1) is 10.1. The number of carbonyl (C=O) groups is 1. The minimum Gasteiger partial charge on any atom is -0.345 e. The molecule has 0 spiro atoms. The quantitative estimate of drug-likeness (QED) is 0.912. The Morgan fingerprint density at radius 1 is 1.36 bits per heavy atom. The van der Waals surface area contributed by atoms with E-state index < -0.39 is 0 Å². The third-order valence-corrected chi connectivity index (χ3v) is 6.35. The van der Waals surface area contributed by atoms with Crippen LogP contribution in [0.1, 0.15) is 37.0 Å². The Labute approximate surface area is 143 Å². The smallest absolute Gasteiger partial charge is 0.225 e. The summed E-state index contributed by atoms with van der Waals surface area (Å²) in [6.07, 6.45) is 6.75. The summed E-state index contributed by atoms with van der Waals surface area (Å²) in [5.41, 5.74) is 6.32. The van der Waals surface area contributed by atoms with Gasteiger partial charge in [-0.25, -0.2) is 0 Å². The third-order valence-electron chi connectivity index (χ3n) is 5.41. The molecule has 0 saturated heterocycles. The molecule has 1 amide bonds. The van der Waals surface area contributed by atoms with E-state index in [0.717, 1.165) is 25.8 Å². The lowest BCUT2D eigenvalue weighted by atomic mass is 9.65. The second-order valence-electron chi connectivity index (χ2n) is 6.79. The highest BCUT2D eigenvalue weighted by molar-refractivity contribution is 7.09. The molecule has 3 nitrogen and oxygen atoms in total. The summed E-state index contributed by atoms with van der Waals surface area (Å²) < 4.78 is 0. The minimum absolute atomic E-state index is 0. The van der Waals surface area contributed by atoms with E-state index in [-0.39, 0.29) is 18.3 Å². The van der Waals surface area contributed by atoms with Gasteiger partial charge >= 0.3 is 0 Å². The Kier molecular flexibility index (Phi) is 6.30. The summed E-state index contributed by atoms with van der Waals surface area (Å²) in [5, 5.41) is 2.10. The van der Waals surface area contributed by atoms with Crippen LogP contribution in [0.25, 0.3) is 0 Å². The number of amides is 1. The van der Waals surface area contributed by atoms with Gasteiger partial charge in [-0.05, 0) is 55.4 Å². The van der Waals surface area contributed by atoms with Gasteiger partial charge in [-0.15, -0.1) is 23.7 Å². The van der Waals surface area contributed by atoms with E-state index in [1.165, 1.54) is 24.1 Å². The highest BCUT2D eigenvalue weighted by atomic mass is 35.5. The van der Waals surface area contributed by atoms with E-state index in [4.69, 9.17) is 5.73 Å². The first-order valence-electron chi connectivity index (χ1n) is 8.18. The van der Waals surface area contributed by atoms with E-state index in [2.05, 4.69) is 17.5 Å². The number of likely N-dealkylation sites (N-methyl/N-ethyl adjacent to an activating group) is 1. The molecule has 2 N–H and O–H groups in total. The molecule has 2 aliphatic carbocycles. The fourth-order valence-corrected chi connectivity index (χ4v) is 4.84. The summed E-state index contributed by atoms with van der Waals surface area (Å²) in [4.78, 5) is 16.0. The average molecular weight is 343 g/mol. The van der Waals surface area contributed by atoms with Crippen molar-refractivity contribution in [2.24, 2.45) is 23.5 Å². The standard InChI is InChI=1S/C17H26N2OS.ClH/c1-19(8-7-15-6-3-9-21-15)17(20)14-10-12-4-2-5-13(11-14)16(12)18;/h3,6,9,12-14,16H,2,4-5,7-8,10-11,18H2,1H3;1H. The predicted molar refractivity (Wildman–Crippen MR) is 94.4 cm³/mol. The number of nitrogens with two attached hydrogens (primary N) is 1. The lowest BCUT2D eigenvalue weighted by Crippen LogP contribution is -2.49. The van der Waals surface area contributed by atoms with Crippen LogP contribution in [0.3, 0.4) is 0 Å². The zero-order valence-electron chi connectivity index (χ0n) is 13.2. The number of hydrogen-bond donors (Lipinski definition) is 1. The van der Waals surface area contributed by atoms with Crippen molar-refractivity contribution in [2.75, 3.05) is 13.6 Å². The van der Waals surface area contributed by atoms with E-state index >= 15 is 0 Å². The SMILES string of the molecule is CN(CCc1cccs1)C(=O)C1CC2CCCC(C1)C2N.Cl. The van der Waals surface area contributed by atoms with Crippen molar-refractivity contribution in [3.63, 3.8) is 0 Å². The van der Waals surface area contributed by atoms with Crippen molar-refractivity contribution in [3.05, 3.63) is 22.4 Å². The van der Waals surface area contributed by atoms with Crippen LogP contribution in [-0.4, -0.2) is 30.4 Å². The van der Waals surface area contributed by atoms with Crippen molar-refractivity contribution in [2.45, 2.75) is 44.6 Å². The molecule has 1 heterocycles. The number of halogens is 1. The maximum atomic E-state index is 12.7. The van der Waals surface area contributed by atoms with Gasteiger partial charge in [-0.1, -0.05) is 12.5 Å². The van der Waals surface area contributed by atoms with Gasteiger partial charge in [0.05, 0.1) is 0 Å². The third kappa shape index (κ3) is 3.84. The Hall–Kier alpha value is -0.580. The second kappa shape index (κ2) is 7.80. The summed E-state index contributed by atoms with van der Waals surface area (Å²) >= 11 is 1.77. The monoisotopic (exact) mass is 342 g/mol. The van der Waals surface area contributed by atoms with E-state index in [1.807, 2.05) is 11.9 Å². The zero-order valence-corrected chi connectivity index (χ0v) is 14.9. The van der Waals surface area contributed by atoms with Gasteiger partial charge in [0, 0.05) is 30.4 Å². The molecule has 2 saturated carbocycles. The van der Waals surface area contributed by atoms with Crippen LogP contribution in [0, 0.1) is 17.8 Å². The van der Waals surface area contributed by atoms with Crippen LogP contribution in [0.4, 0.5) is 0 Å². The molecule has 124 valence electrons. The van der Waals surface area contributed by atoms with Crippen molar-refractivity contribution < 1.29 is 4.79 Å². The number of thiophene rings is 1. The summed E-state index contributed by atoms with van der Waals surface area (Å²) in [7, 11) is 1.96. The molecule has 1 aromatic heterocycles. The molecule has 0 aliphatic heterocycles. The van der Waals surface area contributed by atoms with Gasteiger partial charge in [-0.3, -0.25) is 4.79 Å². The Balaban J connectivity index is 0.00000176. The molecule has 3 rings (SSSR count). The van der Waals surface area contributed by atoms with Crippen molar-refractivity contribution in [3.8, 4) is 0 Å².